The summed E-state index contributed by atoms with van der Waals surface area (Å²) in [5.41, 5.74) is 8.08. The standard InChI is InChI=1S/C17H20N4/c1-11-20-15(16(18)21(11)17(2,3)4)14-10-19-9-12-7-5-6-8-13(12)14/h5-10H,18H2,1-4H3. The molecule has 0 amide bonds. The molecule has 0 fully saturated rings. The van der Waals surface area contributed by atoms with Gasteiger partial charge < -0.3 is 10.3 Å². The van der Waals surface area contributed by atoms with Gasteiger partial charge in [0.05, 0.1) is 0 Å². The Morgan fingerprint density at radius 3 is 2.48 bits per heavy atom. The predicted molar refractivity (Wildman–Crippen MR) is 87.1 cm³/mol. The van der Waals surface area contributed by atoms with Crippen LogP contribution in [0.15, 0.2) is 36.7 Å². The number of nitrogens with two attached hydrogens (primary N) is 1. The zero-order valence-electron chi connectivity index (χ0n) is 12.9. The fourth-order valence-electron chi connectivity index (χ4n) is 2.90. The van der Waals surface area contributed by atoms with Crippen molar-refractivity contribution in [2.75, 3.05) is 5.73 Å². The first-order valence-corrected chi connectivity index (χ1v) is 7.08. The van der Waals surface area contributed by atoms with Gasteiger partial charge in [-0.05, 0) is 33.1 Å². The second-order valence-electron chi connectivity index (χ2n) is 6.31. The molecular formula is C17H20N4. The molecule has 1 aromatic carbocycles. The molecular weight excluding hydrogens is 260 g/mol. The number of pyridine rings is 1. The Labute approximate surface area is 124 Å². The molecule has 0 aliphatic heterocycles. The molecule has 0 atom stereocenters. The lowest BCUT2D eigenvalue weighted by Gasteiger charge is -2.24. The largest absolute Gasteiger partial charge is 0.383 e. The predicted octanol–water partition coefficient (Wildman–Crippen LogP) is 3.74. The third-order valence-electron chi connectivity index (χ3n) is 3.67. The average Bonchev–Trinajstić information content (AvgIpc) is 2.73. The Hall–Kier alpha value is -2.36. The molecule has 21 heavy (non-hydrogen) atoms. The molecule has 0 unspecified atom stereocenters. The van der Waals surface area contributed by atoms with Crippen molar-refractivity contribution >= 4 is 16.6 Å². The zero-order chi connectivity index (χ0) is 15.2. The van der Waals surface area contributed by atoms with Crippen molar-refractivity contribution in [3.8, 4) is 11.3 Å². The summed E-state index contributed by atoms with van der Waals surface area (Å²) in [6.07, 6.45) is 3.70. The highest BCUT2D eigenvalue weighted by Gasteiger charge is 2.23. The molecule has 2 N–H and O–H groups in total. The van der Waals surface area contributed by atoms with Gasteiger partial charge in [-0.3, -0.25) is 4.98 Å². The molecule has 2 heterocycles. The summed E-state index contributed by atoms with van der Waals surface area (Å²) in [7, 11) is 0. The summed E-state index contributed by atoms with van der Waals surface area (Å²) in [4.78, 5) is 9.02. The average molecular weight is 280 g/mol. The van der Waals surface area contributed by atoms with E-state index in [9.17, 15) is 0 Å². The monoisotopic (exact) mass is 280 g/mol. The van der Waals surface area contributed by atoms with Crippen molar-refractivity contribution in [3.63, 3.8) is 0 Å². The van der Waals surface area contributed by atoms with Gasteiger partial charge in [0.1, 0.15) is 17.3 Å². The minimum absolute atomic E-state index is 0.0998. The third-order valence-corrected chi connectivity index (χ3v) is 3.67. The van der Waals surface area contributed by atoms with E-state index in [2.05, 4.69) is 42.5 Å². The van der Waals surface area contributed by atoms with Crippen LogP contribution in [0.4, 0.5) is 5.82 Å². The minimum Gasteiger partial charge on any atom is -0.383 e. The molecule has 0 bridgehead atoms. The molecule has 0 saturated carbocycles. The summed E-state index contributed by atoms with van der Waals surface area (Å²) in [6.45, 7) is 8.37. The molecule has 2 aromatic heterocycles. The number of aromatic nitrogens is 3. The van der Waals surface area contributed by atoms with Gasteiger partial charge in [-0.25, -0.2) is 4.98 Å². The summed E-state index contributed by atoms with van der Waals surface area (Å²) in [6, 6.07) is 8.17. The normalized spacial score (nSPS) is 12.0. The summed E-state index contributed by atoms with van der Waals surface area (Å²) >= 11 is 0. The molecule has 0 aliphatic rings. The lowest BCUT2D eigenvalue weighted by molar-refractivity contribution is 0.393. The van der Waals surface area contributed by atoms with Crippen LogP contribution in [0.2, 0.25) is 0 Å². The van der Waals surface area contributed by atoms with Crippen LogP contribution in [-0.4, -0.2) is 14.5 Å². The number of nitrogen functional groups attached to an aromatic ring is 1. The smallest absolute Gasteiger partial charge is 0.132 e. The van der Waals surface area contributed by atoms with Gasteiger partial charge >= 0.3 is 0 Å². The van der Waals surface area contributed by atoms with Crippen LogP contribution in [0.1, 0.15) is 26.6 Å². The van der Waals surface area contributed by atoms with Gasteiger partial charge in [0.2, 0.25) is 0 Å². The first-order valence-electron chi connectivity index (χ1n) is 7.08. The molecule has 0 aliphatic carbocycles. The number of anilines is 1. The van der Waals surface area contributed by atoms with Crippen LogP contribution >= 0.6 is 0 Å². The van der Waals surface area contributed by atoms with E-state index in [1.165, 1.54) is 0 Å². The lowest BCUT2D eigenvalue weighted by Crippen LogP contribution is -2.24. The van der Waals surface area contributed by atoms with Gasteiger partial charge in [0, 0.05) is 28.9 Å². The first-order chi connectivity index (χ1) is 9.89. The Morgan fingerprint density at radius 1 is 1.10 bits per heavy atom. The highest BCUT2D eigenvalue weighted by molar-refractivity contribution is 5.96. The van der Waals surface area contributed by atoms with E-state index in [1.54, 1.807) is 0 Å². The summed E-state index contributed by atoms with van der Waals surface area (Å²) < 4.78 is 2.07. The van der Waals surface area contributed by atoms with E-state index in [4.69, 9.17) is 10.7 Å². The third kappa shape index (κ3) is 2.17. The molecule has 4 heteroatoms. The van der Waals surface area contributed by atoms with Crippen molar-refractivity contribution in [2.45, 2.75) is 33.2 Å². The molecule has 4 nitrogen and oxygen atoms in total. The quantitative estimate of drug-likeness (QED) is 0.738. The number of nitrogens with zero attached hydrogens (tertiary/aromatic N) is 3. The van der Waals surface area contributed by atoms with Crippen LogP contribution in [0.3, 0.4) is 0 Å². The van der Waals surface area contributed by atoms with Crippen molar-refractivity contribution in [3.05, 3.63) is 42.5 Å². The highest BCUT2D eigenvalue weighted by Crippen LogP contribution is 2.34. The number of imidazole rings is 1. The Kier molecular flexibility index (Phi) is 2.97. The SMILES string of the molecule is Cc1nc(-c2cncc3ccccc23)c(N)n1C(C)(C)C. The van der Waals surface area contributed by atoms with Crippen molar-refractivity contribution in [2.24, 2.45) is 0 Å². The summed E-state index contributed by atoms with van der Waals surface area (Å²) in [5, 5.41) is 2.22. The summed E-state index contributed by atoms with van der Waals surface area (Å²) in [5.74, 6) is 1.61. The van der Waals surface area contributed by atoms with Crippen molar-refractivity contribution < 1.29 is 0 Å². The number of hydrogen-bond acceptors (Lipinski definition) is 3. The number of fused-ring (bicyclic) bond motifs is 1. The van der Waals surface area contributed by atoms with Crippen LogP contribution < -0.4 is 5.73 Å². The molecule has 3 aromatic rings. The fraction of sp³-hybridized carbons (Fsp3) is 0.294. The minimum atomic E-state index is -0.0998. The highest BCUT2D eigenvalue weighted by atomic mass is 15.2. The van der Waals surface area contributed by atoms with Crippen LogP contribution in [0.25, 0.3) is 22.0 Å². The van der Waals surface area contributed by atoms with Crippen LogP contribution in [0.5, 0.6) is 0 Å². The number of hydrogen-bond donors (Lipinski definition) is 1. The van der Waals surface area contributed by atoms with E-state index in [0.717, 1.165) is 27.9 Å². The van der Waals surface area contributed by atoms with E-state index >= 15 is 0 Å². The Bertz CT molecular complexity index is 804. The number of rotatable bonds is 1. The maximum atomic E-state index is 6.39. The Morgan fingerprint density at radius 2 is 1.81 bits per heavy atom. The van der Waals surface area contributed by atoms with Crippen molar-refractivity contribution in [1.82, 2.24) is 14.5 Å². The molecule has 3 rings (SSSR count). The van der Waals surface area contributed by atoms with Gasteiger partial charge in [-0.2, -0.15) is 0 Å². The maximum absolute atomic E-state index is 6.39. The van der Waals surface area contributed by atoms with Gasteiger partial charge in [-0.15, -0.1) is 0 Å². The van der Waals surface area contributed by atoms with Gasteiger partial charge in [0.25, 0.3) is 0 Å². The lowest BCUT2D eigenvalue weighted by atomic mass is 10.0. The Balaban J connectivity index is 2.30. The molecule has 108 valence electrons. The van der Waals surface area contributed by atoms with Crippen LogP contribution in [0, 0.1) is 6.92 Å². The molecule has 0 radical (unpaired) electrons. The second kappa shape index (κ2) is 4.58. The first kappa shape index (κ1) is 13.6. The number of benzene rings is 1. The van der Waals surface area contributed by atoms with Gasteiger partial charge in [-0.1, -0.05) is 24.3 Å². The van der Waals surface area contributed by atoms with Crippen LogP contribution in [-0.2, 0) is 5.54 Å². The maximum Gasteiger partial charge on any atom is 0.132 e. The molecule has 0 saturated heterocycles. The van der Waals surface area contributed by atoms with E-state index in [-0.39, 0.29) is 5.54 Å². The number of aryl methyl sites for hydroxylation is 1. The van der Waals surface area contributed by atoms with Gasteiger partial charge in [0.15, 0.2) is 0 Å². The second-order valence-corrected chi connectivity index (χ2v) is 6.31. The zero-order valence-corrected chi connectivity index (χ0v) is 12.9. The molecule has 0 spiro atoms. The fourth-order valence-corrected chi connectivity index (χ4v) is 2.90. The van der Waals surface area contributed by atoms with E-state index in [0.29, 0.717) is 5.82 Å². The topological polar surface area (TPSA) is 56.7 Å². The van der Waals surface area contributed by atoms with E-state index < -0.39 is 0 Å². The van der Waals surface area contributed by atoms with E-state index in [1.807, 2.05) is 31.5 Å². The van der Waals surface area contributed by atoms with Crippen molar-refractivity contribution in [1.29, 1.82) is 0 Å².